The molecule has 4 nitrogen and oxygen atoms in total. The van der Waals surface area contributed by atoms with Gasteiger partial charge in [-0.05, 0) is 45.0 Å². The van der Waals surface area contributed by atoms with Crippen molar-refractivity contribution in [3.63, 3.8) is 0 Å². The van der Waals surface area contributed by atoms with Crippen LogP contribution in [0.25, 0.3) is 11.3 Å². The maximum atomic E-state index is 12.2. The van der Waals surface area contributed by atoms with E-state index in [-0.39, 0.29) is 5.91 Å². The molecule has 23 heavy (non-hydrogen) atoms. The van der Waals surface area contributed by atoms with Crippen LogP contribution >= 0.6 is 22.9 Å². The van der Waals surface area contributed by atoms with Gasteiger partial charge in [-0.1, -0.05) is 23.7 Å². The SMILES string of the molecule is CN1CCCC1CCNC(=O)c1nc(-c2ccc(Cl)cc2)cs1. The van der Waals surface area contributed by atoms with E-state index in [9.17, 15) is 4.79 Å². The van der Waals surface area contributed by atoms with Gasteiger partial charge in [0.05, 0.1) is 5.69 Å². The molecule has 0 aliphatic carbocycles. The number of benzene rings is 1. The molecule has 3 rings (SSSR count). The molecule has 1 aromatic carbocycles. The lowest BCUT2D eigenvalue weighted by Gasteiger charge is -2.18. The number of hydrogen-bond acceptors (Lipinski definition) is 4. The Labute approximate surface area is 145 Å². The van der Waals surface area contributed by atoms with Gasteiger partial charge < -0.3 is 10.2 Å². The lowest BCUT2D eigenvalue weighted by Crippen LogP contribution is -2.31. The standard InChI is InChI=1S/C17H20ClN3OS/c1-21-10-2-3-14(21)8-9-19-16(22)17-20-15(11-23-17)12-4-6-13(18)7-5-12/h4-7,11,14H,2-3,8-10H2,1H3,(H,19,22). The maximum Gasteiger partial charge on any atom is 0.280 e. The van der Waals surface area contributed by atoms with Crippen LogP contribution in [0.1, 0.15) is 29.1 Å². The largest absolute Gasteiger partial charge is 0.350 e. The maximum absolute atomic E-state index is 12.2. The van der Waals surface area contributed by atoms with Gasteiger partial charge in [0.2, 0.25) is 0 Å². The van der Waals surface area contributed by atoms with Gasteiger partial charge in [0.15, 0.2) is 5.01 Å². The number of halogens is 1. The predicted molar refractivity (Wildman–Crippen MR) is 95.2 cm³/mol. The molecule has 0 radical (unpaired) electrons. The second-order valence-electron chi connectivity index (χ2n) is 5.87. The van der Waals surface area contributed by atoms with Gasteiger partial charge in [-0.3, -0.25) is 4.79 Å². The topological polar surface area (TPSA) is 45.2 Å². The van der Waals surface area contributed by atoms with E-state index in [1.807, 2.05) is 29.6 Å². The summed E-state index contributed by atoms with van der Waals surface area (Å²) in [6.07, 6.45) is 3.48. The smallest absolute Gasteiger partial charge is 0.280 e. The van der Waals surface area contributed by atoms with E-state index >= 15 is 0 Å². The second-order valence-corrected chi connectivity index (χ2v) is 7.16. The van der Waals surface area contributed by atoms with E-state index in [1.54, 1.807) is 0 Å². The summed E-state index contributed by atoms with van der Waals surface area (Å²) >= 11 is 7.26. The third kappa shape index (κ3) is 4.10. The van der Waals surface area contributed by atoms with Gasteiger partial charge in [0, 0.05) is 28.6 Å². The zero-order chi connectivity index (χ0) is 16.2. The fourth-order valence-corrected chi connectivity index (χ4v) is 3.77. The van der Waals surface area contributed by atoms with Crippen molar-refractivity contribution in [2.24, 2.45) is 0 Å². The van der Waals surface area contributed by atoms with Crippen LogP contribution in [0, 0.1) is 0 Å². The molecule has 0 bridgehead atoms. The van der Waals surface area contributed by atoms with Gasteiger partial charge >= 0.3 is 0 Å². The summed E-state index contributed by atoms with van der Waals surface area (Å²) in [5.74, 6) is -0.0872. The molecule has 1 amide bonds. The Bertz CT molecular complexity index is 671. The molecule has 0 spiro atoms. The number of nitrogens with one attached hydrogen (secondary N) is 1. The summed E-state index contributed by atoms with van der Waals surface area (Å²) in [6, 6.07) is 8.07. The van der Waals surface area contributed by atoms with Crippen LogP contribution < -0.4 is 5.32 Å². The Morgan fingerprint density at radius 1 is 1.43 bits per heavy atom. The molecule has 1 saturated heterocycles. The Balaban J connectivity index is 1.55. The van der Waals surface area contributed by atoms with Crippen LogP contribution in [-0.2, 0) is 0 Å². The second kappa shape index (κ2) is 7.43. The van der Waals surface area contributed by atoms with Crippen molar-refractivity contribution >= 4 is 28.8 Å². The van der Waals surface area contributed by atoms with Gasteiger partial charge in [0.1, 0.15) is 0 Å². The normalized spacial score (nSPS) is 18.3. The van der Waals surface area contributed by atoms with Crippen molar-refractivity contribution in [1.29, 1.82) is 0 Å². The summed E-state index contributed by atoms with van der Waals surface area (Å²) in [5, 5.41) is 6.09. The first-order valence-corrected chi connectivity index (χ1v) is 9.09. The molecule has 2 aromatic rings. The van der Waals surface area contributed by atoms with Crippen molar-refractivity contribution in [2.45, 2.75) is 25.3 Å². The first-order valence-electron chi connectivity index (χ1n) is 7.83. The van der Waals surface area contributed by atoms with Gasteiger partial charge in [-0.25, -0.2) is 4.98 Å². The monoisotopic (exact) mass is 349 g/mol. The van der Waals surface area contributed by atoms with Gasteiger partial charge in [-0.2, -0.15) is 0 Å². The lowest BCUT2D eigenvalue weighted by molar-refractivity contribution is 0.0950. The van der Waals surface area contributed by atoms with E-state index in [0.717, 1.165) is 24.2 Å². The first-order chi connectivity index (χ1) is 11.1. The number of aromatic nitrogens is 1. The minimum atomic E-state index is -0.0872. The van der Waals surface area contributed by atoms with Crippen LogP contribution in [0.4, 0.5) is 0 Å². The summed E-state index contributed by atoms with van der Waals surface area (Å²) in [5.41, 5.74) is 1.78. The van der Waals surface area contributed by atoms with Crippen LogP contribution in [0.3, 0.4) is 0 Å². The summed E-state index contributed by atoms with van der Waals surface area (Å²) < 4.78 is 0. The average Bonchev–Trinajstić information content (AvgIpc) is 3.18. The van der Waals surface area contributed by atoms with Crippen LogP contribution in [0.2, 0.25) is 5.02 Å². The molecule has 1 aromatic heterocycles. The summed E-state index contributed by atoms with van der Waals surface area (Å²) in [7, 11) is 2.15. The zero-order valence-corrected chi connectivity index (χ0v) is 14.7. The number of rotatable bonds is 5. The highest BCUT2D eigenvalue weighted by atomic mass is 35.5. The highest BCUT2D eigenvalue weighted by Gasteiger charge is 2.20. The Morgan fingerprint density at radius 2 is 2.22 bits per heavy atom. The minimum Gasteiger partial charge on any atom is -0.350 e. The molecule has 6 heteroatoms. The number of hydrogen-bond donors (Lipinski definition) is 1. The third-order valence-electron chi connectivity index (χ3n) is 4.27. The lowest BCUT2D eigenvalue weighted by atomic mass is 10.1. The van der Waals surface area contributed by atoms with E-state index in [0.29, 0.717) is 22.6 Å². The number of likely N-dealkylation sites (tertiary alicyclic amines) is 1. The third-order valence-corrected chi connectivity index (χ3v) is 5.37. The Hall–Kier alpha value is -1.43. The zero-order valence-electron chi connectivity index (χ0n) is 13.1. The number of thiazole rings is 1. The van der Waals surface area contributed by atoms with Crippen LogP contribution in [-0.4, -0.2) is 42.0 Å². The molecule has 1 fully saturated rings. The van der Waals surface area contributed by atoms with E-state index in [4.69, 9.17) is 11.6 Å². The molecule has 2 heterocycles. The molecule has 0 saturated carbocycles. The van der Waals surface area contributed by atoms with Crippen molar-refractivity contribution in [3.05, 3.63) is 39.7 Å². The summed E-state index contributed by atoms with van der Waals surface area (Å²) in [4.78, 5) is 19.0. The van der Waals surface area contributed by atoms with Gasteiger partial charge in [0.25, 0.3) is 5.91 Å². The number of amides is 1. The van der Waals surface area contributed by atoms with E-state index in [2.05, 4.69) is 22.2 Å². The molecule has 1 atom stereocenters. The Morgan fingerprint density at radius 3 is 2.91 bits per heavy atom. The van der Waals surface area contributed by atoms with E-state index in [1.165, 1.54) is 24.2 Å². The molecule has 1 N–H and O–H groups in total. The van der Waals surface area contributed by atoms with Crippen LogP contribution in [0.15, 0.2) is 29.6 Å². The highest BCUT2D eigenvalue weighted by molar-refractivity contribution is 7.12. The Kier molecular flexibility index (Phi) is 5.30. The van der Waals surface area contributed by atoms with Crippen molar-refractivity contribution < 1.29 is 4.79 Å². The summed E-state index contributed by atoms with van der Waals surface area (Å²) in [6.45, 7) is 1.86. The number of carbonyl (C=O) groups excluding carboxylic acids is 1. The molecular formula is C17H20ClN3OS. The highest BCUT2D eigenvalue weighted by Crippen LogP contribution is 2.23. The van der Waals surface area contributed by atoms with E-state index < -0.39 is 0 Å². The number of carbonyl (C=O) groups is 1. The molecule has 122 valence electrons. The molecular weight excluding hydrogens is 330 g/mol. The molecule has 1 unspecified atom stereocenters. The number of nitrogens with zero attached hydrogens (tertiary/aromatic N) is 2. The fourth-order valence-electron chi connectivity index (χ4n) is 2.90. The predicted octanol–water partition coefficient (Wildman–Crippen LogP) is 3.68. The molecule has 1 aliphatic rings. The van der Waals surface area contributed by atoms with Crippen molar-refractivity contribution in [2.75, 3.05) is 20.1 Å². The van der Waals surface area contributed by atoms with Crippen molar-refractivity contribution in [1.82, 2.24) is 15.2 Å². The van der Waals surface area contributed by atoms with Crippen molar-refractivity contribution in [3.8, 4) is 11.3 Å². The van der Waals surface area contributed by atoms with Gasteiger partial charge in [-0.15, -0.1) is 11.3 Å². The van der Waals surface area contributed by atoms with Crippen LogP contribution in [0.5, 0.6) is 0 Å². The minimum absolute atomic E-state index is 0.0872. The first kappa shape index (κ1) is 16.4. The quantitative estimate of drug-likeness (QED) is 0.895. The fraction of sp³-hybridized carbons (Fsp3) is 0.412. The average molecular weight is 350 g/mol. The molecule has 1 aliphatic heterocycles.